The van der Waals surface area contributed by atoms with E-state index in [0.29, 0.717) is 18.1 Å². The van der Waals surface area contributed by atoms with E-state index in [-0.39, 0.29) is 29.4 Å². The maximum Gasteiger partial charge on any atom is 0.311 e. The van der Waals surface area contributed by atoms with Crippen molar-refractivity contribution >= 4 is 5.97 Å². The minimum absolute atomic E-state index is 0.0709. The van der Waals surface area contributed by atoms with Gasteiger partial charge in [0.2, 0.25) is 0 Å². The summed E-state index contributed by atoms with van der Waals surface area (Å²) >= 11 is 0. The highest BCUT2D eigenvalue weighted by Gasteiger charge is 2.76. The van der Waals surface area contributed by atoms with Crippen LogP contribution in [-0.4, -0.2) is 46.8 Å². The summed E-state index contributed by atoms with van der Waals surface area (Å²) < 4.78 is 12.8. The van der Waals surface area contributed by atoms with Gasteiger partial charge in [0.05, 0.1) is 11.0 Å². The van der Waals surface area contributed by atoms with Crippen LogP contribution in [0.3, 0.4) is 0 Å². The summed E-state index contributed by atoms with van der Waals surface area (Å²) in [6.45, 7) is 8.85. The van der Waals surface area contributed by atoms with Crippen molar-refractivity contribution in [2.24, 2.45) is 23.2 Å². The lowest BCUT2D eigenvalue weighted by Gasteiger charge is -2.66. The van der Waals surface area contributed by atoms with Gasteiger partial charge >= 0.3 is 5.97 Å². The minimum Gasteiger partial charge on any atom is -0.485 e. The first kappa shape index (κ1) is 32.1. The molecule has 5 fully saturated rings. The second-order valence-electron chi connectivity index (χ2n) is 15.1. The number of rotatable bonds is 18. The quantitative estimate of drug-likeness (QED) is 0.0960. The number of nitrogens with zero attached hydrogens (tertiary/aromatic N) is 1. The maximum atomic E-state index is 13.0. The third-order valence-electron chi connectivity index (χ3n) is 12.1. The summed E-state index contributed by atoms with van der Waals surface area (Å²) in [5, 5.41) is 12.6. The molecular formula is C39H59NO4. The third-order valence-corrected chi connectivity index (χ3v) is 12.1. The van der Waals surface area contributed by atoms with Crippen molar-refractivity contribution < 1.29 is 19.4 Å². The van der Waals surface area contributed by atoms with E-state index in [1.54, 1.807) is 0 Å². The average molecular weight is 606 g/mol. The van der Waals surface area contributed by atoms with Gasteiger partial charge in [0, 0.05) is 24.9 Å². The Labute approximate surface area is 267 Å². The SMILES string of the molecule is C=C1CC[C@@]2(O)C3CC4C=CC(OC(=O)CCCCCCC/C=C\CCCCCCCC)=C5O[C@@H]1[C@]2(CCN3CC1CC1)C54. The number of piperidine rings is 1. The van der Waals surface area contributed by atoms with E-state index in [1.807, 2.05) is 6.08 Å². The van der Waals surface area contributed by atoms with Gasteiger partial charge in [0.15, 0.2) is 5.76 Å². The lowest BCUT2D eigenvalue weighted by molar-refractivity contribution is -0.240. The van der Waals surface area contributed by atoms with Gasteiger partial charge in [-0.2, -0.15) is 0 Å². The molecule has 44 heavy (non-hydrogen) atoms. The third kappa shape index (κ3) is 6.39. The molecule has 244 valence electrons. The van der Waals surface area contributed by atoms with Crippen molar-refractivity contribution in [2.45, 2.75) is 153 Å². The van der Waals surface area contributed by atoms with Crippen LogP contribution in [0.4, 0.5) is 0 Å². The number of esters is 1. The molecule has 6 rings (SSSR count). The number of hydrogen-bond acceptors (Lipinski definition) is 5. The molecule has 2 bridgehead atoms. The van der Waals surface area contributed by atoms with E-state index >= 15 is 0 Å². The van der Waals surface area contributed by atoms with Crippen molar-refractivity contribution in [3.8, 4) is 0 Å². The van der Waals surface area contributed by atoms with Crippen LogP contribution in [0.5, 0.6) is 0 Å². The first-order chi connectivity index (χ1) is 21.5. The molecule has 6 aliphatic rings. The number of carbonyl (C=O) groups excluding carboxylic acids is 1. The topological polar surface area (TPSA) is 59.0 Å². The number of allylic oxidation sites excluding steroid dienone is 5. The van der Waals surface area contributed by atoms with Gasteiger partial charge in [-0.1, -0.05) is 83.1 Å². The molecule has 3 unspecified atom stereocenters. The minimum atomic E-state index is -0.779. The smallest absolute Gasteiger partial charge is 0.311 e. The van der Waals surface area contributed by atoms with Crippen LogP contribution in [0.1, 0.15) is 135 Å². The van der Waals surface area contributed by atoms with Crippen LogP contribution < -0.4 is 0 Å². The first-order valence-corrected chi connectivity index (χ1v) is 18.6. The van der Waals surface area contributed by atoms with Gasteiger partial charge in [0.25, 0.3) is 0 Å². The second-order valence-corrected chi connectivity index (χ2v) is 15.1. The van der Waals surface area contributed by atoms with Crippen molar-refractivity contribution in [3.63, 3.8) is 0 Å². The molecule has 5 heteroatoms. The highest BCUT2D eigenvalue weighted by molar-refractivity contribution is 5.71. The summed E-state index contributed by atoms with van der Waals surface area (Å²) in [6.07, 6.45) is 31.5. The summed E-state index contributed by atoms with van der Waals surface area (Å²) in [5.74, 6) is 2.43. The largest absolute Gasteiger partial charge is 0.485 e. The highest BCUT2D eigenvalue weighted by atomic mass is 16.6. The Kier molecular flexibility index (Phi) is 10.4. The van der Waals surface area contributed by atoms with Crippen LogP contribution in [0.15, 0.2) is 48.0 Å². The first-order valence-electron chi connectivity index (χ1n) is 18.6. The van der Waals surface area contributed by atoms with E-state index in [4.69, 9.17) is 9.47 Å². The second kappa shape index (κ2) is 14.3. The van der Waals surface area contributed by atoms with E-state index in [1.165, 1.54) is 83.5 Å². The zero-order valence-corrected chi connectivity index (χ0v) is 27.6. The van der Waals surface area contributed by atoms with Crippen LogP contribution in [0, 0.1) is 23.2 Å². The number of aliphatic hydroxyl groups is 1. The number of ether oxygens (including phenoxy) is 2. The molecule has 0 amide bonds. The van der Waals surface area contributed by atoms with Gasteiger partial charge in [-0.25, -0.2) is 0 Å². The van der Waals surface area contributed by atoms with Gasteiger partial charge in [-0.15, -0.1) is 0 Å². The fourth-order valence-corrected chi connectivity index (χ4v) is 9.58. The molecule has 1 spiro atoms. The lowest BCUT2D eigenvalue weighted by Crippen LogP contribution is -2.75. The molecule has 2 aliphatic heterocycles. The Morgan fingerprint density at radius 1 is 1.05 bits per heavy atom. The Balaban J connectivity index is 0.957. The Bertz CT molecular complexity index is 1120. The van der Waals surface area contributed by atoms with Crippen molar-refractivity contribution in [1.82, 2.24) is 4.90 Å². The Hall–Kier alpha value is -1.85. The normalized spacial score (nSPS) is 34.0. The van der Waals surface area contributed by atoms with Gasteiger partial charge in [-0.05, 0) is 101 Å². The van der Waals surface area contributed by atoms with Crippen LogP contribution in [0.25, 0.3) is 0 Å². The Morgan fingerprint density at radius 3 is 2.48 bits per heavy atom. The zero-order chi connectivity index (χ0) is 30.6. The van der Waals surface area contributed by atoms with E-state index in [0.717, 1.165) is 68.9 Å². The molecular weight excluding hydrogens is 546 g/mol. The van der Waals surface area contributed by atoms with E-state index < -0.39 is 5.60 Å². The molecule has 0 aromatic heterocycles. The van der Waals surface area contributed by atoms with Crippen LogP contribution in [0.2, 0.25) is 0 Å². The van der Waals surface area contributed by atoms with Crippen molar-refractivity contribution in [3.05, 3.63) is 48.0 Å². The standard InChI is InChI=1S/C39H59NO4/c1-3-4-5-6-7-8-9-10-11-12-13-14-15-16-17-18-34(41)43-32-22-21-31-27-33-39(42)24-23-29(2)37-38(39,35(31)36(32)44-37)25-26-40(33)28-30-19-20-30/h10-11,21-22,30-31,33,35,37,42H,2-9,12-20,23-28H2,1H3/b11-10-/t31?,33?,35?,37-,38-,39+/m0/s1. The lowest BCUT2D eigenvalue weighted by atomic mass is 9.44. The fraction of sp³-hybridized carbons (Fsp3) is 0.769. The number of unbranched alkanes of at least 4 members (excludes halogenated alkanes) is 11. The highest BCUT2D eigenvalue weighted by Crippen LogP contribution is 2.70. The molecule has 6 atom stereocenters. The van der Waals surface area contributed by atoms with Gasteiger partial charge in [-0.3, -0.25) is 9.69 Å². The number of carbonyl (C=O) groups is 1. The van der Waals surface area contributed by atoms with Gasteiger partial charge in [0.1, 0.15) is 11.9 Å². The number of hydrogen-bond donors (Lipinski definition) is 1. The van der Waals surface area contributed by atoms with Gasteiger partial charge < -0.3 is 14.6 Å². The summed E-state index contributed by atoms with van der Waals surface area (Å²) in [4.78, 5) is 15.6. The fourth-order valence-electron chi connectivity index (χ4n) is 9.58. The molecule has 4 aliphatic carbocycles. The molecule has 2 saturated heterocycles. The van der Waals surface area contributed by atoms with Crippen molar-refractivity contribution in [1.29, 1.82) is 0 Å². The maximum absolute atomic E-state index is 13.0. The monoisotopic (exact) mass is 605 g/mol. The predicted octanol–water partition coefficient (Wildman–Crippen LogP) is 8.94. The molecule has 3 saturated carbocycles. The molecule has 2 heterocycles. The van der Waals surface area contributed by atoms with Crippen molar-refractivity contribution in [2.75, 3.05) is 13.1 Å². The molecule has 1 N–H and O–H groups in total. The van der Waals surface area contributed by atoms with Crippen LogP contribution in [-0.2, 0) is 14.3 Å². The zero-order valence-electron chi connectivity index (χ0n) is 27.6. The number of likely N-dealkylation sites (tertiary alicyclic amines) is 1. The Morgan fingerprint density at radius 2 is 1.75 bits per heavy atom. The van der Waals surface area contributed by atoms with Crippen LogP contribution >= 0.6 is 0 Å². The van der Waals surface area contributed by atoms with E-state index in [9.17, 15) is 9.90 Å². The molecule has 5 nitrogen and oxygen atoms in total. The average Bonchev–Trinajstić information content (AvgIpc) is 3.76. The molecule has 0 radical (unpaired) electrons. The van der Waals surface area contributed by atoms with E-state index in [2.05, 4.69) is 36.6 Å². The summed E-state index contributed by atoms with van der Waals surface area (Å²) in [7, 11) is 0. The predicted molar refractivity (Wildman–Crippen MR) is 177 cm³/mol. The summed E-state index contributed by atoms with van der Waals surface area (Å²) in [5.41, 5.74) is -0.0404. The summed E-state index contributed by atoms with van der Waals surface area (Å²) in [6, 6.07) is 0.173. The molecule has 0 aromatic rings. The molecule has 0 aromatic carbocycles.